The highest BCUT2D eigenvalue weighted by Gasteiger charge is 2.18. The fraction of sp³-hybridized carbons (Fsp3) is 0.932. The van der Waals surface area contributed by atoms with Crippen LogP contribution in [0.3, 0.4) is 0 Å². The molecule has 0 saturated heterocycles. The minimum absolute atomic E-state index is 0.00985. The van der Waals surface area contributed by atoms with Crippen molar-refractivity contribution in [2.75, 3.05) is 13.2 Å². The SMILES string of the molecule is CCCCCCCCCCCCCCCCCC/C=C/C(O)C(CO)NC(=O)CCCCCCCCCCCCCOC(=O)CCCCCCCCCCCCCCCCCCCCC. The van der Waals surface area contributed by atoms with E-state index in [0.29, 0.717) is 19.4 Å². The van der Waals surface area contributed by atoms with Gasteiger partial charge in [0.2, 0.25) is 5.91 Å². The lowest BCUT2D eigenvalue weighted by molar-refractivity contribution is -0.143. The number of nitrogens with one attached hydrogen (secondary N) is 1. The van der Waals surface area contributed by atoms with Crippen LogP contribution in [0.15, 0.2) is 12.2 Å². The molecule has 0 saturated carbocycles. The standard InChI is InChI=1S/C59H115NO5/c1-3-5-7-9-11-13-15-17-19-21-23-25-27-29-33-37-41-45-49-53-59(64)65-54-50-46-42-38-34-30-32-36-40-44-48-52-58(63)60-56(55-61)57(62)51-47-43-39-35-31-28-26-24-22-20-18-16-14-12-10-8-6-4-2/h47,51,56-57,61-62H,3-46,48-50,52-55H2,1-2H3,(H,60,63)/b51-47+. The predicted octanol–water partition coefficient (Wildman–Crippen LogP) is 18.1. The van der Waals surface area contributed by atoms with E-state index in [4.69, 9.17) is 4.74 Å². The van der Waals surface area contributed by atoms with Crippen LogP contribution in [-0.2, 0) is 14.3 Å². The summed E-state index contributed by atoms with van der Waals surface area (Å²) in [4.78, 5) is 24.6. The number of aliphatic hydroxyl groups is 2. The highest BCUT2D eigenvalue weighted by atomic mass is 16.5. The van der Waals surface area contributed by atoms with Crippen LogP contribution in [0, 0.1) is 0 Å². The minimum Gasteiger partial charge on any atom is -0.466 e. The van der Waals surface area contributed by atoms with E-state index < -0.39 is 12.1 Å². The van der Waals surface area contributed by atoms with E-state index in [1.807, 2.05) is 6.08 Å². The first-order valence-corrected chi connectivity index (χ1v) is 29.5. The Balaban J connectivity index is 3.46. The van der Waals surface area contributed by atoms with Crippen molar-refractivity contribution in [3.8, 4) is 0 Å². The number of carbonyl (C=O) groups is 2. The van der Waals surface area contributed by atoms with Crippen LogP contribution in [-0.4, -0.2) is 47.4 Å². The van der Waals surface area contributed by atoms with Gasteiger partial charge in [0.15, 0.2) is 0 Å². The zero-order valence-electron chi connectivity index (χ0n) is 44.0. The van der Waals surface area contributed by atoms with Crippen LogP contribution in [0.4, 0.5) is 0 Å². The van der Waals surface area contributed by atoms with Crippen molar-refractivity contribution in [3.63, 3.8) is 0 Å². The molecule has 3 N–H and O–H groups in total. The number of esters is 1. The summed E-state index contributed by atoms with van der Waals surface area (Å²) in [6.45, 7) is 4.89. The number of hydrogen-bond donors (Lipinski definition) is 3. The number of amides is 1. The van der Waals surface area contributed by atoms with Crippen LogP contribution in [0.5, 0.6) is 0 Å². The van der Waals surface area contributed by atoms with Gasteiger partial charge in [-0.15, -0.1) is 0 Å². The van der Waals surface area contributed by atoms with E-state index in [1.54, 1.807) is 6.08 Å². The first-order valence-electron chi connectivity index (χ1n) is 29.5. The molecule has 6 nitrogen and oxygen atoms in total. The molecule has 1 amide bonds. The van der Waals surface area contributed by atoms with Crippen LogP contribution < -0.4 is 5.32 Å². The van der Waals surface area contributed by atoms with Crippen molar-refractivity contribution in [1.82, 2.24) is 5.32 Å². The molecular weight excluding hydrogens is 803 g/mol. The minimum atomic E-state index is -0.856. The molecular formula is C59H115NO5. The van der Waals surface area contributed by atoms with E-state index in [0.717, 1.165) is 57.8 Å². The molecule has 0 aromatic rings. The van der Waals surface area contributed by atoms with Gasteiger partial charge in [-0.2, -0.15) is 0 Å². The van der Waals surface area contributed by atoms with Crippen molar-refractivity contribution in [2.45, 2.75) is 341 Å². The number of unbranched alkanes of at least 4 members (excludes halogenated alkanes) is 44. The van der Waals surface area contributed by atoms with Crippen LogP contribution in [0.2, 0.25) is 0 Å². The Morgan fingerprint density at radius 2 is 0.708 bits per heavy atom. The molecule has 0 aromatic carbocycles. The molecule has 0 aliphatic carbocycles. The molecule has 65 heavy (non-hydrogen) atoms. The molecule has 0 aromatic heterocycles. The lowest BCUT2D eigenvalue weighted by Gasteiger charge is -2.20. The molecule has 2 unspecified atom stereocenters. The average molecular weight is 919 g/mol. The first-order chi connectivity index (χ1) is 32.0. The Labute approximate surface area is 406 Å². The smallest absolute Gasteiger partial charge is 0.305 e. The van der Waals surface area contributed by atoms with Crippen molar-refractivity contribution in [1.29, 1.82) is 0 Å². The highest BCUT2D eigenvalue weighted by Crippen LogP contribution is 2.17. The monoisotopic (exact) mass is 918 g/mol. The molecule has 0 spiro atoms. The van der Waals surface area contributed by atoms with Crippen molar-refractivity contribution < 1.29 is 24.5 Å². The van der Waals surface area contributed by atoms with Gasteiger partial charge in [0.05, 0.1) is 25.4 Å². The summed E-state index contributed by atoms with van der Waals surface area (Å²) in [5.74, 6) is -0.0932. The fourth-order valence-electron chi connectivity index (χ4n) is 9.28. The average Bonchev–Trinajstić information content (AvgIpc) is 3.31. The van der Waals surface area contributed by atoms with Gasteiger partial charge in [0.1, 0.15) is 0 Å². The van der Waals surface area contributed by atoms with E-state index in [-0.39, 0.29) is 18.5 Å². The summed E-state index contributed by atoms with van der Waals surface area (Å²) >= 11 is 0. The third kappa shape index (κ3) is 51.8. The van der Waals surface area contributed by atoms with Crippen LogP contribution >= 0.6 is 0 Å². The lowest BCUT2D eigenvalue weighted by Crippen LogP contribution is -2.45. The van der Waals surface area contributed by atoms with Gasteiger partial charge in [0.25, 0.3) is 0 Å². The highest BCUT2D eigenvalue weighted by molar-refractivity contribution is 5.76. The summed E-state index contributed by atoms with van der Waals surface area (Å²) in [5, 5.41) is 23.1. The Morgan fingerprint density at radius 3 is 1.05 bits per heavy atom. The van der Waals surface area contributed by atoms with Gasteiger partial charge in [-0.05, 0) is 32.1 Å². The number of carbonyl (C=O) groups excluding carboxylic acids is 2. The molecule has 2 atom stereocenters. The van der Waals surface area contributed by atoms with Gasteiger partial charge < -0.3 is 20.3 Å². The molecule has 386 valence electrons. The third-order valence-corrected chi connectivity index (χ3v) is 13.8. The lowest BCUT2D eigenvalue weighted by atomic mass is 10.0. The summed E-state index contributed by atoms with van der Waals surface area (Å²) in [7, 11) is 0. The molecule has 0 rings (SSSR count). The molecule has 0 radical (unpaired) electrons. The van der Waals surface area contributed by atoms with Gasteiger partial charge in [-0.1, -0.05) is 296 Å². The molecule has 0 heterocycles. The van der Waals surface area contributed by atoms with Gasteiger partial charge in [-0.25, -0.2) is 0 Å². The normalized spacial score (nSPS) is 12.6. The Kier molecular flexibility index (Phi) is 54.0. The number of rotatable bonds is 55. The topological polar surface area (TPSA) is 95.9 Å². The molecule has 0 aliphatic rings. The molecule has 0 bridgehead atoms. The van der Waals surface area contributed by atoms with Gasteiger partial charge in [0, 0.05) is 12.8 Å². The van der Waals surface area contributed by atoms with Crippen molar-refractivity contribution >= 4 is 11.9 Å². The van der Waals surface area contributed by atoms with E-state index >= 15 is 0 Å². The second-order valence-corrected chi connectivity index (χ2v) is 20.3. The van der Waals surface area contributed by atoms with E-state index in [9.17, 15) is 19.8 Å². The number of allylic oxidation sites excluding steroid dienone is 1. The summed E-state index contributed by atoms with van der Waals surface area (Å²) in [6, 6.07) is -0.641. The second kappa shape index (κ2) is 55.2. The third-order valence-electron chi connectivity index (χ3n) is 13.8. The first kappa shape index (κ1) is 63.6. The Bertz CT molecular complexity index is 970. The van der Waals surface area contributed by atoms with Crippen molar-refractivity contribution in [2.24, 2.45) is 0 Å². The zero-order valence-corrected chi connectivity index (χ0v) is 44.0. The number of aliphatic hydroxyl groups excluding tert-OH is 2. The zero-order chi connectivity index (χ0) is 47.2. The van der Waals surface area contributed by atoms with Gasteiger partial charge in [-0.3, -0.25) is 9.59 Å². The largest absolute Gasteiger partial charge is 0.466 e. The molecule has 0 fully saturated rings. The molecule has 0 aliphatic heterocycles. The summed E-state index contributed by atoms with van der Waals surface area (Å²) < 4.78 is 5.48. The quantitative estimate of drug-likeness (QED) is 0.0321. The summed E-state index contributed by atoms with van der Waals surface area (Å²) in [6.07, 6.45) is 65.2. The predicted molar refractivity (Wildman–Crippen MR) is 283 cm³/mol. The van der Waals surface area contributed by atoms with E-state index in [2.05, 4.69) is 19.2 Å². The fourth-order valence-corrected chi connectivity index (χ4v) is 9.28. The second-order valence-electron chi connectivity index (χ2n) is 20.3. The van der Waals surface area contributed by atoms with E-state index in [1.165, 1.54) is 244 Å². The Hall–Kier alpha value is -1.40. The maximum atomic E-state index is 12.5. The number of hydrogen-bond acceptors (Lipinski definition) is 5. The van der Waals surface area contributed by atoms with Crippen LogP contribution in [0.25, 0.3) is 0 Å². The Morgan fingerprint density at radius 1 is 0.415 bits per heavy atom. The van der Waals surface area contributed by atoms with Crippen molar-refractivity contribution in [3.05, 3.63) is 12.2 Å². The van der Waals surface area contributed by atoms with Gasteiger partial charge >= 0.3 is 5.97 Å². The maximum Gasteiger partial charge on any atom is 0.305 e. The summed E-state index contributed by atoms with van der Waals surface area (Å²) in [5.41, 5.74) is 0. The molecule has 6 heteroatoms. The van der Waals surface area contributed by atoms with Crippen LogP contribution in [0.1, 0.15) is 328 Å². The number of ether oxygens (including phenoxy) is 1. The maximum absolute atomic E-state index is 12.5.